The summed E-state index contributed by atoms with van der Waals surface area (Å²) in [5.41, 5.74) is 2.73. The summed E-state index contributed by atoms with van der Waals surface area (Å²) in [5, 5.41) is 15.1. The normalized spacial score (nSPS) is 11.1. The van der Waals surface area contributed by atoms with Crippen molar-refractivity contribution in [3.63, 3.8) is 0 Å². The molecule has 0 aliphatic carbocycles. The lowest BCUT2D eigenvalue weighted by atomic mass is 10.1. The Hall–Kier alpha value is -4.44. The molecule has 0 fully saturated rings. The highest BCUT2D eigenvalue weighted by molar-refractivity contribution is 7.99. The van der Waals surface area contributed by atoms with Crippen LogP contribution in [0.4, 0.5) is 5.69 Å². The quantitative estimate of drug-likeness (QED) is 0.143. The van der Waals surface area contributed by atoms with Crippen molar-refractivity contribution in [2.24, 2.45) is 0 Å². The molecule has 9 nitrogen and oxygen atoms in total. The van der Waals surface area contributed by atoms with Crippen LogP contribution in [0.5, 0.6) is 0 Å². The van der Waals surface area contributed by atoms with Crippen molar-refractivity contribution in [3.05, 3.63) is 105 Å². The number of nitrogens with one attached hydrogen (secondary N) is 2. The Labute approximate surface area is 209 Å². The number of fused-ring (bicyclic) bond motifs is 3. The second-order valence-electron chi connectivity index (χ2n) is 8.08. The number of hydrogen-bond acceptors (Lipinski definition) is 6. The van der Waals surface area contributed by atoms with Gasteiger partial charge in [-0.15, -0.1) is 0 Å². The summed E-state index contributed by atoms with van der Waals surface area (Å²) >= 11 is 1.14. The van der Waals surface area contributed by atoms with E-state index in [2.05, 4.69) is 10.3 Å². The molecule has 1 amide bonds. The molecule has 0 aliphatic rings. The fraction of sp³-hybridized carbons (Fsp3) is 0.115. The molecule has 0 saturated heterocycles. The van der Waals surface area contributed by atoms with Gasteiger partial charge in [-0.1, -0.05) is 60.3 Å². The van der Waals surface area contributed by atoms with Gasteiger partial charge in [0.25, 0.3) is 11.2 Å². The Kier molecular flexibility index (Phi) is 6.50. The van der Waals surface area contributed by atoms with Crippen LogP contribution in [0.1, 0.15) is 5.56 Å². The van der Waals surface area contributed by atoms with E-state index in [1.54, 1.807) is 0 Å². The Morgan fingerprint density at radius 2 is 1.75 bits per heavy atom. The van der Waals surface area contributed by atoms with Gasteiger partial charge >= 0.3 is 0 Å². The van der Waals surface area contributed by atoms with Gasteiger partial charge < -0.3 is 10.3 Å². The second-order valence-corrected chi connectivity index (χ2v) is 9.02. The van der Waals surface area contributed by atoms with Crippen LogP contribution in [0.3, 0.4) is 0 Å². The number of H-pyrrole nitrogens is 1. The van der Waals surface area contributed by atoms with Crippen LogP contribution >= 0.6 is 11.8 Å². The third kappa shape index (κ3) is 4.71. The molecule has 2 heterocycles. The van der Waals surface area contributed by atoms with E-state index in [1.165, 1.54) is 28.8 Å². The number of thioether (sulfide) groups is 1. The van der Waals surface area contributed by atoms with Crippen LogP contribution < -0.4 is 10.9 Å². The predicted octanol–water partition coefficient (Wildman–Crippen LogP) is 4.23. The highest BCUT2D eigenvalue weighted by Crippen LogP contribution is 2.27. The number of nitro benzene ring substituents is 1. The molecule has 0 unspecified atom stereocenters. The van der Waals surface area contributed by atoms with E-state index in [-0.39, 0.29) is 22.9 Å². The second kappa shape index (κ2) is 10.0. The number of nitro groups is 1. The minimum Gasteiger partial charge on any atom is -0.355 e. The summed E-state index contributed by atoms with van der Waals surface area (Å²) in [6, 6.07) is 23.0. The fourth-order valence-corrected chi connectivity index (χ4v) is 4.80. The average Bonchev–Trinajstić information content (AvgIpc) is 3.27. The van der Waals surface area contributed by atoms with Gasteiger partial charge in [0.1, 0.15) is 11.0 Å². The third-order valence-corrected chi connectivity index (χ3v) is 6.66. The zero-order valence-corrected chi connectivity index (χ0v) is 19.8. The van der Waals surface area contributed by atoms with E-state index in [9.17, 15) is 19.7 Å². The van der Waals surface area contributed by atoms with Gasteiger partial charge in [-0.2, -0.15) is 0 Å². The number of carbonyl (C=O) groups is 1. The number of amides is 1. The predicted molar refractivity (Wildman–Crippen MR) is 140 cm³/mol. The van der Waals surface area contributed by atoms with E-state index in [0.717, 1.165) is 28.2 Å². The van der Waals surface area contributed by atoms with Crippen LogP contribution in [0.25, 0.3) is 27.6 Å². The SMILES string of the molecule is O=C(CSc1nc2c([nH]c3ccccc32)c(=O)n1-c1ccc([N+](=O)[O-])cc1)NCCc1ccccc1. The van der Waals surface area contributed by atoms with Crippen LogP contribution in [0.2, 0.25) is 0 Å². The largest absolute Gasteiger partial charge is 0.355 e. The molecule has 0 bridgehead atoms. The fourth-order valence-electron chi connectivity index (χ4n) is 3.96. The minimum atomic E-state index is -0.499. The first-order valence-electron chi connectivity index (χ1n) is 11.2. The van der Waals surface area contributed by atoms with Crippen molar-refractivity contribution in [2.75, 3.05) is 12.3 Å². The summed E-state index contributed by atoms with van der Waals surface area (Å²) in [4.78, 5) is 44.6. The number of nitrogens with zero attached hydrogens (tertiary/aromatic N) is 3. The van der Waals surface area contributed by atoms with Gasteiger partial charge in [-0.05, 0) is 30.2 Å². The lowest BCUT2D eigenvalue weighted by Crippen LogP contribution is -2.28. The number of non-ortho nitro benzene ring substituents is 1. The van der Waals surface area contributed by atoms with Crippen LogP contribution in [-0.2, 0) is 11.2 Å². The molecule has 0 atom stereocenters. The third-order valence-electron chi connectivity index (χ3n) is 5.72. The summed E-state index contributed by atoms with van der Waals surface area (Å²) < 4.78 is 1.38. The highest BCUT2D eigenvalue weighted by Gasteiger charge is 2.18. The van der Waals surface area contributed by atoms with Gasteiger partial charge in [0.05, 0.1) is 16.4 Å². The lowest BCUT2D eigenvalue weighted by Gasteiger charge is -2.12. The first kappa shape index (κ1) is 23.3. The van der Waals surface area contributed by atoms with E-state index in [1.807, 2.05) is 54.6 Å². The lowest BCUT2D eigenvalue weighted by molar-refractivity contribution is -0.384. The molecule has 180 valence electrons. The molecule has 10 heteroatoms. The van der Waals surface area contributed by atoms with Gasteiger partial charge in [0.2, 0.25) is 5.91 Å². The molecule has 2 aromatic heterocycles. The van der Waals surface area contributed by atoms with E-state index in [4.69, 9.17) is 4.98 Å². The highest BCUT2D eigenvalue weighted by atomic mass is 32.2. The molecule has 0 spiro atoms. The zero-order valence-electron chi connectivity index (χ0n) is 19.0. The van der Waals surface area contributed by atoms with Crippen LogP contribution in [-0.4, -0.2) is 37.7 Å². The number of carbonyl (C=O) groups excluding carboxylic acids is 1. The van der Waals surface area contributed by atoms with Gasteiger partial charge in [0, 0.05) is 29.6 Å². The standard InChI is InChI=1S/C26H21N5O4S/c32-22(27-15-14-17-6-2-1-3-7-17)16-36-26-29-23-20-8-4-5-9-21(20)28-24(23)25(33)30(26)18-10-12-19(13-11-18)31(34)35/h1-13,28H,14-16H2,(H,27,32). The van der Waals surface area contributed by atoms with Crippen molar-refractivity contribution in [3.8, 4) is 5.69 Å². The number of hydrogen-bond donors (Lipinski definition) is 2. The topological polar surface area (TPSA) is 123 Å². The molecule has 3 aromatic carbocycles. The van der Waals surface area contributed by atoms with Crippen molar-refractivity contribution < 1.29 is 9.72 Å². The summed E-state index contributed by atoms with van der Waals surface area (Å²) in [6.45, 7) is 0.494. The van der Waals surface area contributed by atoms with Crippen molar-refractivity contribution >= 4 is 45.3 Å². The van der Waals surface area contributed by atoms with Gasteiger partial charge in [-0.25, -0.2) is 4.98 Å². The number of benzene rings is 3. The molecule has 0 radical (unpaired) electrons. The molecule has 36 heavy (non-hydrogen) atoms. The van der Waals surface area contributed by atoms with Crippen LogP contribution in [0, 0.1) is 10.1 Å². The van der Waals surface area contributed by atoms with Gasteiger partial charge in [-0.3, -0.25) is 24.3 Å². The molecule has 2 N–H and O–H groups in total. The molecular weight excluding hydrogens is 478 g/mol. The van der Waals surface area contributed by atoms with E-state index in [0.29, 0.717) is 34.8 Å². The summed E-state index contributed by atoms with van der Waals surface area (Å²) in [7, 11) is 0. The zero-order chi connectivity index (χ0) is 25.1. The number of aromatic nitrogens is 3. The smallest absolute Gasteiger partial charge is 0.283 e. The molecule has 0 saturated carbocycles. The average molecular weight is 500 g/mol. The Balaban J connectivity index is 1.45. The van der Waals surface area contributed by atoms with E-state index >= 15 is 0 Å². The van der Waals surface area contributed by atoms with Crippen LogP contribution in [0.15, 0.2) is 88.8 Å². The molecule has 5 rings (SSSR count). The van der Waals surface area contributed by atoms with Gasteiger partial charge in [0.15, 0.2) is 5.16 Å². The first-order chi connectivity index (χ1) is 17.5. The van der Waals surface area contributed by atoms with Crippen molar-refractivity contribution in [1.82, 2.24) is 19.9 Å². The van der Waals surface area contributed by atoms with Crippen molar-refractivity contribution in [2.45, 2.75) is 11.6 Å². The van der Waals surface area contributed by atoms with E-state index < -0.39 is 4.92 Å². The molecular formula is C26H21N5O4S. The Bertz CT molecular complexity index is 1630. The summed E-state index contributed by atoms with van der Waals surface area (Å²) in [5.74, 6) is -0.123. The maximum Gasteiger partial charge on any atom is 0.283 e. The Morgan fingerprint density at radius 1 is 1.03 bits per heavy atom. The number of aromatic amines is 1. The summed E-state index contributed by atoms with van der Waals surface area (Å²) in [6.07, 6.45) is 0.713. The van der Waals surface area contributed by atoms with Crippen molar-refractivity contribution in [1.29, 1.82) is 0 Å². The number of para-hydroxylation sites is 1. The number of rotatable bonds is 8. The monoisotopic (exact) mass is 499 g/mol. The first-order valence-corrected chi connectivity index (χ1v) is 12.2. The molecule has 0 aliphatic heterocycles. The Morgan fingerprint density at radius 3 is 2.50 bits per heavy atom. The maximum atomic E-state index is 13.6. The minimum absolute atomic E-state index is 0.0576. The maximum absolute atomic E-state index is 13.6. The molecule has 5 aromatic rings.